The Morgan fingerprint density at radius 3 is 2.62 bits per heavy atom. The standard InChI is InChI=1S/C10H18N2O/c1-7-6-12(5-4-9(7)11)10(13)8-2-3-8/h7-9H,2-6,11H2,1H3/t7-,9+/m0/s1. The van der Waals surface area contributed by atoms with Crippen molar-refractivity contribution in [2.24, 2.45) is 17.6 Å². The molecule has 2 aliphatic rings. The molecule has 3 heteroatoms. The van der Waals surface area contributed by atoms with Gasteiger partial charge in [0.1, 0.15) is 0 Å². The van der Waals surface area contributed by atoms with Crippen LogP contribution in [0.5, 0.6) is 0 Å². The monoisotopic (exact) mass is 182 g/mol. The van der Waals surface area contributed by atoms with E-state index in [9.17, 15) is 4.79 Å². The van der Waals surface area contributed by atoms with Gasteiger partial charge in [0.25, 0.3) is 0 Å². The number of amides is 1. The molecule has 0 bridgehead atoms. The van der Waals surface area contributed by atoms with E-state index in [1.807, 2.05) is 4.90 Å². The number of piperidine rings is 1. The van der Waals surface area contributed by atoms with E-state index in [1.165, 1.54) is 0 Å². The molecule has 1 saturated carbocycles. The first-order valence-corrected chi connectivity index (χ1v) is 5.23. The maximum atomic E-state index is 11.7. The molecule has 2 fully saturated rings. The minimum atomic E-state index is 0.295. The van der Waals surface area contributed by atoms with Crippen LogP contribution in [0.1, 0.15) is 26.2 Å². The second-order valence-electron chi connectivity index (χ2n) is 4.49. The second-order valence-corrected chi connectivity index (χ2v) is 4.49. The van der Waals surface area contributed by atoms with Crippen molar-refractivity contribution in [3.63, 3.8) is 0 Å². The Morgan fingerprint density at radius 2 is 2.08 bits per heavy atom. The summed E-state index contributed by atoms with van der Waals surface area (Å²) in [6.45, 7) is 3.88. The molecule has 0 aromatic heterocycles. The third-order valence-corrected chi connectivity index (χ3v) is 3.21. The number of nitrogens with zero attached hydrogens (tertiary/aromatic N) is 1. The number of carbonyl (C=O) groups is 1. The maximum Gasteiger partial charge on any atom is 0.225 e. The molecular weight excluding hydrogens is 164 g/mol. The molecular formula is C10H18N2O. The van der Waals surface area contributed by atoms with Crippen molar-refractivity contribution >= 4 is 5.91 Å². The summed E-state index contributed by atoms with van der Waals surface area (Å²) >= 11 is 0. The van der Waals surface area contributed by atoms with E-state index >= 15 is 0 Å². The van der Waals surface area contributed by atoms with Gasteiger partial charge in [-0.05, 0) is 25.2 Å². The van der Waals surface area contributed by atoms with Gasteiger partial charge >= 0.3 is 0 Å². The molecule has 2 atom stereocenters. The maximum absolute atomic E-state index is 11.7. The van der Waals surface area contributed by atoms with Gasteiger partial charge in [-0.15, -0.1) is 0 Å². The lowest BCUT2D eigenvalue weighted by Crippen LogP contribution is -2.48. The molecule has 0 aromatic rings. The Hall–Kier alpha value is -0.570. The fourth-order valence-electron chi connectivity index (χ4n) is 1.95. The van der Waals surface area contributed by atoms with Gasteiger partial charge in [-0.3, -0.25) is 4.79 Å². The quantitative estimate of drug-likeness (QED) is 0.645. The normalized spacial score (nSPS) is 34.8. The molecule has 2 N–H and O–H groups in total. The van der Waals surface area contributed by atoms with Crippen LogP contribution >= 0.6 is 0 Å². The average Bonchev–Trinajstić information content (AvgIpc) is 2.91. The number of likely N-dealkylation sites (tertiary alicyclic amines) is 1. The van der Waals surface area contributed by atoms with E-state index < -0.39 is 0 Å². The molecule has 1 amide bonds. The molecule has 1 aliphatic carbocycles. The van der Waals surface area contributed by atoms with Crippen LogP contribution in [0.15, 0.2) is 0 Å². The summed E-state index contributed by atoms with van der Waals surface area (Å²) in [5, 5.41) is 0. The van der Waals surface area contributed by atoms with Gasteiger partial charge in [-0.2, -0.15) is 0 Å². The van der Waals surface area contributed by atoms with Crippen molar-refractivity contribution in [1.82, 2.24) is 4.90 Å². The Bertz CT molecular complexity index is 213. The SMILES string of the molecule is C[C@H]1CN(C(=O)C2CC2)CC[C@H]1N. The van der Waals surface area contributed by atoms with Crippen molar-refractivity contribution in [2.75, 3.05) is 13.1 Å². The highest BCUT2D eigenvalue weighted by Gasteiger charge is 2.35. The predicted octanol–water partition coefficient (Wildman–Crippen LogP) is 0.592. The molecule has 1 aliphatic heterocycles. The largest absolute Gasteiger partial charge is 0.342 e. The van der Waals surface area contributed by atoms with Gasteiger partial charge < -0.3 is 10.6 Å². The number of hydrogen-bond donors (Lipinski definition) is 1. The smallest absolute Gasteiger partial charge is 0.225 e. The number of rotatable bonds is 1. The highest BCUT2D eigenvalue weighted by molar-refractivity contribution is 5.81. The first kappa shape index (κ1) is 9.00. The third kappa shape index (κ3) is 1.85. The van der Waals surface area contributed by atoms with Crippen molar-refractivity contribution in [3.8, 4) is 0 Å². The minimum Gasteiger partial charge on any atom is -0.342 e. The van der Waals surface area contributed by atoms with Gasteiger partial charge in [0.05, 0.1) is 0 Å². The Labute approximate surface area is 79.3 Å². The molecule has 2 rings (SSSR count). The van der Waals surface area contributed by atoms with Crippen LogP contribution in [0.25, 0.3) is 0 Å². The van der Waals surface area contributed by atoms with Gasteiger partial charge in [0.2, 0.25) is 5.91 Å². The molecule has 0 spiro atoms. The summed E-state index contributed by atoms with van der Waals surface area (Å²) in [6.07, 6.45) is 3.19. The second kappa shape index (κ2) is 3.29. The van der Waals surface area contributed by atoms with Crippen LogP contribution in [0.4, 0.5) is 0 Å². The number of nitrogens with two attached hydrogens (primary N) is 1. The summed E-state index contributed by atoms with van der Waals surface area (Å²) in [5.74, 6) is 1.21. The molecule has 74 valence electrons. The van der Waals surface area contributed by atoms with Crippen LogP contribution in [0.2, 0.25) is 0 Å². The lowest BCUT2D eigenvalue weighted by molar-refractivity contribution is -0.134. The third-order valence-electron chi connectivity index (χ3n) is 3.21. The fraction of sp³-hybridized carbons (Fsp3) is 0.900. The van der Waals surface area contributed by atoms with E-state index in [-0.39, 0.29) is 0 Å². The van der Waals surface area contributed by atoms with Gasteiger partial charge in [-0.1, -0.05) is 6.92 Å². The Balaban J connectivity index is 1.90. The zero-order chi connectivity index (χ0) is 9.42. The van der Waals surface area contributed by atoms with Gasteiger partial charge in [-0.25, -0.2) is 0 Å². The van der Waals surface area contributed by atoms with E-state index in [4.69, 9.17) is 5.73 Å². The molecule has 0 radical (unpaired) electrons. The van der Waals surface area contributed by atoms with E-state index in [2.05, 4.69) is 6.92 Å². The van der Waals surface area contributed by atoms with Crippen molar-refractivity contribution in [2.45, 2.75) is 32.2 Å². The molecule has 1 saturated heterocycles. The van der Waals surface area contributed by atoms with Crippen LogP contribution in [0.3, 0.4) is 0 Å². The highest BCUT2D eigenvalue weighted by Crippen LogP contribution is 2.32. The zero-order valence-corrected chi connectivity index (χ0v) is 8.20. The zero-order valence-electron chi connectivity index (χ0n) is 8.20. The summed E-state index contributed by atoms with van der Waals surface area (Å²) in [4.78, 5) is 13.7. The van der Waals surface area contributed by atoms with Crippen molar-refractivity contribution in [1.29, 1.82) is 0 Å². The van der Waals surface area contributed by atoms with Crippen LogP contribution in [-0.2, 0) is 4.79 Å². The molecule has 0 unspecified atom stereocenters. The summed E-state index contributed by atoms with van der Waals surface area (Å²) in [7, 11) is 0. The van der Waals surface area contributed by atoms with E-state index in [1.54, 1.807) is 0 Å². The van der Waals surface area contributed by atoms with Gasteiger partial charge in [0.15, 0.2) is 0 Å². The Kier molecular flexibility index (Phi) is 2.28. The van der Waals surface area contributed by atoms with Crippen molar-refractivity contribution in [3.05, 3.63) is 0 Å². The van der Waals surface area contributed by atoms with E-state index in [0.29, 0.717) is 23.8 Å². The fourth-order valence-corrected chi connectivity index (χ4v) is 1.95. The molecule has 1 heterocycles. The highest BCUT2D eigenvalue weighted by atomic mass is 16.2. The Morgan fingerprint density at radius 1 is 1.38 bits per heavy atom. The topological polar surface area (TPSA) is 46.3 Å². The van der Waals surface area contributed by atoms with E-state index in [0.717, 1.165) is 32.4 Å². The summed E-state index contributed by atoms with van der Waals surface area (Å²) < 4.78 is 0. The summed E-state index contributed by atoms with van der Waals surface area (Å²) in [6, 6.07) is 0.295. The van der Waals surface area contributed by atoms with Crippen LogP contribution in [0, 0.1) is 11.8 Å². The lowest BCUT2D eigenvalue weighted by atomic mass is 9.94. The molecule has 13 heavy (non-hydrogen) atoms. The van der Waals surface area contributed by atoms with Crippen molar-refractivity contribution < 1.29 is 4.79 Å². The van der Waals surface area contributed by atoms with Gasteiger partial charge in [0, 0.05) is 25.0 Å². The lowest BCUT2D eigenvalue weighted by Gasteiger charge is -2.35. The molecule has 3 nitrogen and oxygen atoms in total. The number of hydrogen-bond acceptors (Lipinski definition) is 2. The predicted molar refractivity (Wildman–Crippen MR) is 51.1 cm³/mol. The van der Waals surface area contributed by atoms with Crippen LogP contribution < -0.4 is 5.73 Å². The summed E-state index contributed by atoms with van der Waals surface area (Å²) in [5.41, 5.74) is 5.89. The average molecular weight is 182 g/mol. The van der Waals surface area contributed by atoms with Crippen LogP contribution in [-0.4, -0.2) is 29.9 Å². The first-order chi connectivity index (χ1) is 6.18. The number of carbonyl (C=O) groups excluding carboxylic acids is 1. The minimum absolute atomic E-state index is 0.295. The molecule has 0 aromatic carbocycles. The first-order valence-electron chi connectivity index (χ1n) is 5.23.